The summed E-state index contributed by atoms with van der Waals surface area (Å²) < 4.78 is 9.68. The zero-order valence-electron chi connectivity index (χ0n) is 30.0. The van der Waals surface area contributed by atoms with Gasteiger partial charge in [0.05, 0.1) is 27.8 Å². The average molecular weight is 734 g/mol. The summed E-state index contributed by atoms with van der Waals surface area (Å²) in [6.45, 7) is 0. The molecule has 0 fully saturated rings. The van der Waals surface area contributed by atoms with Crippen molar-refractivity contribution in [2.24, 2.45) is 0 Å². The summed E-state index contributed by atoms with van der Waals surface area (Å²) in [5.41, 5.74) is 9.98. The number of benzene rings is 8. The number of rotatable bonds is 5. The Labute approximate surface area is 325 Å². The summed E-state index contributed by atoms with van der Waals surface area (Å²) in [6, 6.07) is 67.3. The van der Waals surface area contributed by atoms with Crippen molar-refractivity contribution < 1.29 is 0 Å². The van der Waals surface area contributed by atoms with Gasteiger partial charge in [-0.1, -0.05) is 127 Å². The zero-order valence-corrected chi connectivity index (χ0v) is 30.9. The first-order chi connectivity index (χ1) is 27.8. The average Bonchev–Trinajstić information content (AvgIpc) is 4.03. The SMILES string of the molecule is c1ccc(-c2nnc(-c3ccccc3)n2-c2ccc3c(c2)c2ccccc2n3-c2cccc(-n3c4ccccc4c4c5sc6ccccc6c5ccc43)c2)cc1. The number of aromatic nitrogens is 5. The molecule has 4 aromatic heterocycles. The van der Waals surface area contributed by atoms with Crippen molar-refractivity contribution in [3.8, 4) is 39.8 Å². The van der Waals surface area contributed by atoms with Crippen LogP contribution in [-0.2, 0) is 0 Å². The zero-order chi connectivity index (χ0) is 36.7. The van der Waals surface area contributed by atoms with Gasteiger partial charge in [-0.15, -0.1) is 21.5 Å². The van der Waals surface area contributed by atoms with Crippen LogP contribution in [0.25, 0.3) is 104 Å². The van der Waals surface area contributed by atoms with Crippen LogP contribution in [0.1, 0.15) is 0 Å². The highest BCUT2D eigenvalue weighted by Crippen LogP contribution is 2.44. The fraction of sp³-hybridized carbons (Fsp3) is 0. The van der Waals surface area contributed by atoms with Crippen LogP contribution in [0.4, 0.5) is 0 Å². The molecule has 56 heavy (non-hydrogen) atoms. The lowest BCUT2D eigenvalue weighted by Crippen LogP contribution is -2.01. The Morgan fingerprint density at radius 3 is 1.59 bits per heavy atom. The van der Waals surface area contributed by atoms with E-state index < -0.39 is 0 Å². The molecule has 0 unspecified atom stereocenters. The molecular weight excluding hydrogens is 703 g/mol. The summed E-state index contributed by atoms with van der Waals surface area (Å²) in [7, 11) is 0. The maximum atomic E-state index is 4.75. The highest BCUT2D eigenvalue weighted by Gasteiger charge is 2.21. The van der Waals surface area contributed by atoms with Gasteiger partial charge in [0.15, 0.2) is 11.6 Å². The molecule has 0 amide bonds. The third-order valence-corrected chi connectivity index (χ3v) is 12.4. The highest BCUT2D eigenvalue weighted by molar-refractivity contribution is 7.26. The van der Waals surface area contributed by atoms with Crippen LogP contribution < -0.4 is 0 Å². The predicted octanol–water partition coefficient (Wildman–Crippen LogP) is 13.2. The van der Waals surface area contributed by atoms with Crippen LogP contribution >= 0.6 is 11.3 Å². The van der Waals surface area contributed by atoms with Crippen LogP contribution in [0.3, 0.4) is 0 Å². The molecule has 12 rings (SSSR count). The molecule has 8 aromatic carbocycles. The maximum Gasteiger partial charge on any atom is 0.168 e. The lowest BCUT2D eigenvalue weighted by molar-refractivity contribution is 1.07. The Hall–Kier alpha value is -7.28. The highest BCUT2D eigenvalue weighted by atomic mass is 32.1. The van der Waals surface area contributed by atoms with Crippen molar-refractivity contribution in [1.29, 1.82) is 0 Å². The van der Waals surface area contributed by atoms with Gasteiger partial charge in [-0.25, -0.2) is 0 Å². The van der Waals surface area contributed by atoms with E-state index in [-0.39, 0.29) is 0 Å². The minimum Gasteiger partial charge on any atom is -0.309 e. The van der Waals surface area contributed by atoms with E-state index >= 15 is 0 Å². The third-order valence-electron chi connectivity index (χ3n) is 11.2. The van der Waals surface area contributed by atoms with Crippen LogP contribution in [0.2, 0.25) is 0 Å². The van der Waals surface area contributed by atoms with E-state index in [1.54, 1.807) is 0 Å². The van der Waals surface area contributed by atoms with E-state index in [9.17, 15) is 0 Å². The van der Waals surface area contributed by atoms with Crippen molar-refractivity contribution in [2.45, 2.75) is 0 Å². The van der Waals surface area contributed by atoms with Crippen LogP contribution in [0.5, 0.6) is 0 Å². The topological polar surface area (TPSA) is 40.6 Å². The fourth-order valence-corrected chi connectivity index (χ4v) is 10.00. The molecule has 0 aliphatic carbocycles. The number of hydrogen-bond donors (Lipinski definition) is 0. The first kappa shape index (κ1) is 31.1. The van der Waals surface area contributed by atoms with Gasteiger partial charge in [-0.05, 0) is 60.7 Å². The van der Waals surface area contributed by atoms with E-state index in [0.717, 1.165) is 50.9 Å². The molecule has 0 radical (unpaired) electrons. The number of thiophene rings is 1. The lowest BCUT2D eigenvalue weighted by Gasteiger charge is -2.14. The van der Waals surface area contributed by atoms with Gasteiger partial charge in [-0.3, -0.25) is 4.57 Å². The van der Waals surface area contributed by atoms with Gasteiger partial charge in [0.1, 0.15) is 0 Å². The monoisotopic (exact) mass is 733 g/mol. The normalized spacial score (nSPS) is 11.9. The molecule has 6 heteroatoms. The second kappa shape index (κ2) is 12.1. The Morgan fingerprint density at radius 2 is 0.875 bits per heavy atom. The van der Waals surface area contributed by atoms with Crippen LogP contribution in [0.15, 0.2) is 188 Å². The third kappa shape index (κ3) is 4.54. The molecule has 5 nitrogen and oxygen atoms in total. The molecule has 0 bridgehead atoms. The molecule has 0 spiro atoms. The van der Waals surface area contributed by atoms with Crippen molar-refractivity contribution in [1.82, 2.24) is 23.9 Å². The Bertz CT molecular complexity index is 3420. The van der Waals surface area contributed by atoms with Crippen LogP contribution in [-0.4, -0.2) is 23.9 Å². The molecule has 4 heterocycles. The van der Waals surface area contributed by atoms with Gasteiger partial charge in [0.2, 0.25) is 0 Å². The van der Waals surface area contributed by atoms with Crippen molar-refractivity contribution in [2.75, 3.05) is 0 Å². The predicted molar refractivity (Wildman–Crippen MR) is 234 cm³/mol. The van der Waals surface area contributed by atoms with Gasteiger partial charge in [-0.2, -0.15) is 0 Å². The molecule has 0 saturated carbocycles. The minimum atomic E-state index is 0.805. The van der Waals surface area contributed by atoms with E-state index in [1.807, 2.05) is 47.7 Å². The van der Waals surface area contributed by atoms with Crippen molar-refractivity contribution >= 4 is 75.1 Å². The summed E-state index contributed by atoms with van der Waals surface area (Å²) in [5.74, 6) is 1.61. The summed E-state index contributed by atoms with van der Waals surface area (Å²) in [6.07, 6.45) is 0. The minimum absolute atomic E-state index is 0.805. The molecule has 12 aromatic rings. The second-order valence-electron chi connectivity index (χ2n) is 14.3. The van der Waals surface area contributed by atoms with Crippen LogP contribution in [0, 0.1) is 0 Å². The first-order valence-electron chi connectivity index (χ1n) is 18.8. The summed E-state index contributed by atoms with van der Waals surface area (Å²) in [4.78, 5) is 0. The van der Waals surface area contributed by atoms with E-state index in [0.29, 0.717) is 0 Å². The molecule has 0 N–H and O–H groups in total. The number of para-hydroxylation sites is 2. The van der Waals surface area contributed by atoms with Crippen molar-refractivity contribution in [3.63, 3.8) is 0 Å². The smallest absolute Gasteiger partial charge is 0.168 e. The molecule has 0 saturated heterocycles. The number of fused-ring (bicyclic) bond motifs is 10. The van der Waals surface area contributed by atoms with Gasteiger partial charge in [0.25, 0.3) is 0 Å². The number of nitrogens with zero attached hydrogens (tertiary/aromatic N) is 5. The molecular formula is C50H31N5S. The largest absolute Gasteiger partial charge is 0.309 e. The van der Waals surface area contributed by atoms with Gasteiger partial charge in [0, 0.05) is 64.2 Å². The van der Waals surface area contributed by atoms with Crippen molar-refractivity contribution in [3.05, 3.63) is 188 Å². The standard InChI is InChI=1S/C50H31N5S/c1-3-14-32(15-4-1)49-51-52-50(33-16-5-2-6-17-33)55(49)36-26-28-44-41(31-36)37-20-7-10-23-42(37)53(44)34-18-13-19-35(30-34)54-43-24-11-8-22-40(43)47-45(54)29-27-39-38-21-9-12-25-46(38)56-48(39)47/h1-31H. The van der Waals surface area contributed by atoms with Gasteiger partial charge < -0.3 is 9.13 Å². The summed E-state index contributed by atoms with van der Waals surface area (Å²) >= 11 is 1.89. The molecule has 262 valence electrons. The quantitative estimate of drug-likeness (QED) is 0.177. The Kier molecular flexibility index (Phi) is 6.73. The molecule has 0 atom stereocenters. The maximum absolute atomic E-state index is 4.75. The molecule has 0 aliphatic rings. The Morgan fingerprint density at radius 1 is 0.339 bits per heavy atom. The lowest BCUT2D eigenvalue weighted by atomic mass is 10.1. The van der Waals surface area contributed by atoms with E-state index in [1.165, 1.54) is 52.8 Å². The van der Waals surface area contributed by atoms with E-state index in [2.05, 4.69) is 165 Å². The Balaban J connectivity index is 1.07. The number of hydrogen-bond acceptors (Lipinski definition) is 3. The first-order valence-corrected chi connectivity index (χ1v) is 19.7. The fourth-order valence-electron chi connectivity index (χ4n) is 8.74. The second-order valence-corrected chi connectivity index (χ2v) is 15.3. The van der Waals surface area contributed by atoms with Gasteiger partial charge >= 0.3 is 0 Å². The molecule has 0 aliphatic heterocycles. The summed E-state index contributed by atoms with van der Waals surface area (Å²) in [5, 5.41) is 17.1. The van der Waals surface area contributed by atoms with E-state index in [4.69, 9.17) is 10.2 Å².